The molecular formula is C11H12N2O2. The second-order valence-electron chi connectivity index (χ2n) is 3.99. The topological polar surface area (TPSA) is 45.7 Å². The van der Waals surface area contributed by atoms with Crippen LogP contribution >= 0.6 is 0 Å². The van der Waals surface area contributed by atoms with Crippen molar-refractivity contribution >= 4 is 5.91 Å². The average molecular weight is 204 g/mol. The van der Waals surface area contributed by atoms with Gasteiger partial charge in [0.25, 0.3) is 5.91 Å². The van der Waals surface area contributed by atoms with Gasteiger partial charge in [0, 0.05) is 31.0 Å². The maximum Gasteiger partial charge on any atom is 0.254 e. The highest BCUT2D eigenvalue weighted by atomic mass is 16.6. The minimum absolute atomic E-state index is 0.0892. The highest BCUT2D eigenvalue weighted by Gasteiger charge is 2.44. The third kappa shape index (κ3) is 1.61. The number of aromatic nitrogens is 1. The number of hydrogen-bond donors (Lipinski definition) is 0. The summed E-state index contributed by atoms with van der Waals surface area (Å²) >= 11 is 0. The van der Waals surface area contributed by atoms with E-state index in [1.165, 1.54) is 0 Å². The minimum Gasteiger partial charge on any atom is -0.368 e. The van der Waals surface area contributed by atoms with E-state index in [1.54, 1.807) is 24.5 Å². The van der Waals surface area contributed by atoms with Crippen molar-refractivity contribution in [1.82, 2.24) is 9.88 Å². The molecule has 0 aliphatic carbocycles. The molecular weight excluding hydrogens is 192 g/mol. The number of carbonyl (C=O) groups excluding carboxylic acids is 1. The van der Waals surface area contributed by atoms with Gasteiger partial charge in [0.1, 0.15) is 6.10 Å². The van der Waals surface area contributed by atoms with Crippen LogP contribution in [0.25, 0.3) is 0 Å². The lowest BCUT2D eigenvalue weighted by Crippen LogP contribution is -2.39. The molecule has 2 fully saturated rings. The van der Waals surface area contributed by atoms with Crippen molar-refractivity contribution in [3.05, 3.63) is 30.1 Å². The Labute approximate surface area is 87.9 Å². The molecule has 3 heterocycles. The van der Waals surface area contributed by atoms with Crippen molar-refractivity contribution < 1.29 is 9.53 Å². The Balaban J connectivity index is 1.74. The zero-order valence-corrected chi connectivity index (χ0v) is 8.30. The first-order valence-corrected chi connectivity index (χ1v) is 5.19. The Morgan fingerprint density at radius 1 is 1.40 bits per heavy atom. The molecule has 0 aromatic carbocycles. The van der Waals surface area contributed by atoms with Gasteiger partial charge in [-0.25, -0.2) is 0 Å². The van der Waals surface area contributed by atoms with Crippen molar-refractivity contribution in [3.8, 4) is 0 Å². The summed E-state index contributed by atoms with van der Waals surface area (Å²) in [5.41, 5.74) is 0.712. The van der Waals surface area contributed by atoms with Crippen LogP contribution in [-0.4, -0.2) is 41.1 Å². The minimum atomic E-state index is 0.0892. The molecule has 4 nitrogen and oxygen atoms in total. The van der Waals surface area contributed by atoms with Gasteiger partial charge in [-0.2, -0.15) is 0 Å². The van der Waals surface area contributed by atoms with Crippen molar-refractivity contribution in [3.63, 3.8) is 0 Å². The van der Waals surface area contributed by atoms with Gasteiger partial charge in [0.2, 0.25) is 0 Å². The largest absolute Gasteiger partial charge is 0.368 e. The number of carbonyl (C=O) groups is 1. The van der Waals surface area contributed by atoms with E-state index in [-0.39, 0.29) is 5.91 Å². The second kappa shape index (κ2) is 3.31. The van der Waals surface area contributed by atoms with Crippen LogP contribution in [0.15, 0.2) is 24.5 Å². The smallest absolute Gasteiger partial charge is 0.254 e. The summed E-state index contributed by atoms with van der Waals surface area (Å²) in [5, 5.41) is 0. The van der Waals surface area contributed by atoms with Crippen LogP contribution in [0.2, 0.25) is 0 Å². The van der Waals surface area contributed by atoms with Crippen molar-refractivity contribution in [2.24, 2.45) is 0 Å². The number of ether oxygens (including phenoxy) is 1. The van der Waals surface area contributed by atoms with Crippen molar-refractivity contribution in [1.29, 1.82) is 0 Å². The first-order valence-electron chi connectivity index (χ1n) is 5.19. The van der Waals surface area contributed by atoms with Crippen LogP contribution in [0.1, 0.15) is 16.8 Å². The molecule has 1 aromatic heterocycles. The molecule has 2 saturated heterocycles. The fraction of sp³-hybridized carbons (Fsp3) is 0.455. The number of amides is 1. The molecule has 0 saturated carbocycles. The fourth-order valence-electron chi connectivity index (χ4n) is 2.05. The number of likely N-dealkylation sites (tertiary alicyclic amines) is 1. The molecule has 0 bridgehead atoms. The highest BCUT2D eigenvalue weighted by Crippen LogP contribution is 2.31. The summed E-state index contributed by atoms with van der Waals surface area (Å²) in [6, 6.07) is 3.50. The first kappa shape index (κ1) is 8.85. The van der Waals surface area contributed by atoms with Crippen LogP contribution in [-0.2, 0) is 4.74 Å². The lowest BCUT2D eigenvalue weighted by Gasteiger charge is -2.24. The normalized spacial score (nSPS) is 28.4. The van der Waals surface area contributed by atoms with E-state index in [2.05, 4.69) is 4.98 Å². The van der Waals surface area contributed by atoms with E-state index >= 15 is 0 Å². The quantitative estimate of drug-likeness (QED) is 0.632. The van der Waals surface area contributed by atoms with E-state index < -0.39 is 0 Å². The Morgan fingerprint density at radius 2 is 2.20 bits per heavy atom. The second-order valence-corrected chi connectivity index (χ2v) is 3.99. The number of pyridine rings is 1. The Kier molecular flexibility index (Phi) is 1.95. The van der Waals surface area contributed by atoms with Gasteiger partial charge in [-0.05, 0) is 18.6 Å². The molecule has 0 spiro atoms. The van der Waals surface area contributed by atoms with Gasteiger partial charge >= 0.3 is 0 Å². The van der Waals surface area contributed by atoms with Gasteiger partial charge in [-0.15, -0.1) is 0 Å². The molecule has 15 heavy (non-hydrogen) atoms. The van der Waals surface area contributed by atoms with Gasteiger partial charge in [-0.1, -0.05) is 0 Å². The molecule has 2 aliphatic heterocycles. The average Bonchev–Trinajstić information content (AvgIpc) is 3.07. The van der Waals surface area contributed by atoms with E-state index in [0.717, 1.165) is 19.5 Å². The molecule has 2 atom stereocenters. The summed E-state index contributed by atoms with van der Waals surface area (Å²) in [5.74, 6) is 0.0892. The third-order valence-electron chi connectivity index (χ3n) is 2.99. The maximum atomic E-state index is 12.0. The molecule has 78 valence electrons. The molecule has 1 aromatic rings. The van der Waals surface area contributed by atoms with Crippen LogP contribution in [0, 0.1) is 0 Å². The molecule has 3 rings (SSSR count). The zero-order valence-electron chi connectivity index (χ0n) is 8.30. The monoisotopic (exact) mass is 204 g/mol. The SMILES string of the molecule is O=C(c1ccncc1)N1CC[C@H]2O[C@H]2C1. The molecule has 0 radical (unpaired) electrons. The summed E-state index contributed by atoms with van der Waals surface area (Å²) in [4.78, 5) is 17.8. The molecule has 0 N–H and O–H groups in total. The highest BCUT2D eigenvalue weighted by molar-refractivity contribution is 5.94. The molecule has 2 aliphatic rings. The van der Waals surface area contributed by atoms with Crippen molar-refractivity contribution in [2.75, 3.05) is 13.1 Å². The van der Waals surface area contributed by atoms with Gasteiger partial charge in [-0.3, -0.25) is 9.78 Å². The van der Waals surface area contributed by atoms with Crippen LogP contribution in [0.5, 0.6) is 0 Å². The fourth-order valence-corrected chi connectivity index (χ4v) is 2.05. The van der Waals surface area contributed by atoms with Crippen molar-refractivity contribution in [2.45, 2.75) is 18.6 Å². The lowest BCUT2D eigenvalue weighted by atomic mass is 10.1. The maximum absolute atomic E-state index is 12.0. The number of fused-ring (bicyclic) bond motifs is 1. The predicted molar refractivity (Wildman–Crippen MR) is 53.4 cm³/mol. The molecule has 4 heteroatoms. The first-order chi connectivity index (χ1) is 7.34. The van der Waals surface area contributed by atoms with Crippen LogP contribution < -0.4 is 0 Å². The van der Waals surface area contributed by atoms with E-state index in [4.69, 9.17) is 4.74 Å². The number of nitrogens with zero attached hydrogens (tertiary/aromatic N) is 2. The standard InChI is InChI=1S/C11H12N2O2/c14-11(8-1-4-12-5-2-8)13-6-3-9-10(7-13)15-9/h1-2,4-5,9-10H,3,6-7H2/t9-,10+/m1/s1. The number of rotatable bonds is 1. The van der Waals surface area contributed by atoms with E-state index in [9.17, 15) is 4.79 Å². The van der Waals surface area contributed by atoms with Gasteiger partial charge in [0.15, 0.2) is 0 Å². The Hall–Kier alpha value is -1.42. The van der Waals surface area contributed by atoms with Crippen LogP contribution in [0.3, 0.4) is 0 Å². The lowest BCUT2D eigenvalue weighted by molar-refractivity contribution is 0.0736. The predicted octanol–water partition coefficient (Wildman–Crippen LogP) is 0.695. The van der Waals surface area contributed by atoms with Crippen LogP contribution in [0.4, 0.5) is 0 Å². The van der Waals surface area contributed by atoms with Gasteiger partial charge < -0.3 is 9.64 Å². The Bertz CT molecular complexity index is 379. The number of epoxide rings is 1. The third-order valence-corrected chi connectivity index (χ3v) is 2.99. The number of hydrogen-bond acceptors (Lipinski definition) is 3. The zero-order chi connectivity index (χ0) is 10.3. The van der Waals surface area contributed by atoms with Gasteiger partial charge in [0.05, 0.1) is 6.10 Å². The summed E-state index contributed by atoms with van der Waals surface area (Å²) in [6.07, 6.45) is 4.99. The summed E-state index contributed by atoms with van der Waals surface area (Å²) in [6.45, 7) is 1.55. The van der Waals surface area contributed by atoms with E-state index in [1.807, 2.05) is 4.90 Å². The molecule has 1 amide bonds. The Morgan fingerprint density at radius 3 is 2.93 bits per heavy atom. The van der Waals surface area contributed by atoms with E-state index in [0.29, 0.717) is 17.8 Å². The molecule has 0 unspecified atom stereocenters. The summed E-state index contributed by atoms with van der Waals surface area (Å²) in [7, 11) is 0. The summed E-state index contributed by atoms with van der Waals surface area (Å²) < 4.78 is 5.39. The number of piperidine rings is 1.